The molecule has 2 heterocycles. The largest absolute Gasteiger partial charge is 0.356 e. The van der Waals surface area contributed by atoms with Crippen molar-refractivity contribution in [3.8, 4) is 0 Å². The van der Waals surface area contributed by atoms with Crippen LogP contribution in [-0.4, -0.2) is 71.1 Å². The van der Waals surface area contributed by atoms with Gasteiger partial charge >= 0.3 is 0 Å². The Hall–Kier alpha value is -1.28. The van der Waals surface area contributed by atoms with Crippen LogP contribution in [-0.2, 0) is 6.42 Å². The zero-order valence-corrected chi connectivity index (χ0v) is 19.3. The number of likely N-dealkylation sites (tertiary alicyclic amines) is 1. The van der Waals surface area contributed by atoms with E-state index in [1.54, 1.807) is 11.8 Å². The first-order chi connectivity index (χ1) is 14.2. The predicted molar refractivity (Wildman–Crippen MR) is 122 cm³/mol. The smallest absolute Gasteiger partial charge is 0.191 e. The lowest BCUT2D eigenvalue weighted by atomic mass is 10.1. The SMILES string of the molecule is CCCN1CCC(NC(=NC)NCCCc2nnc(SC)n2C2CCCC2)CC1. The summed E-state index contributed by atoms with van der Waals surface area (Å²) in [7, 11) is 1.86. The molecule has 1 aliphatic heterocycles. The Morgan fingerprint density at radius 1 is 1.17 bits per heavy atom. The maximum absolute atomic E-state index is 4.50. The number of hydrogen-bond acceptors (Lipinski definition) is 5. The lowest BCUT2D eigenvalue weighted by Crippen LogP contribution is -2.48. The highest BCUT2D eigenvalue weighted by Gasteiger charge is 2.23. The highest BCUT2D eigenvalue weighted by molar-refractivity contribution is 7.98. The first-order valence-electron chi connectivity index (χ1n) is 11.4. The van der Waals surface area contributed by atoms with E-state index in [1.807, 2.05) is 7.05 Å². The van der Waals surface area contributed by atoms with Crippen molar-refractivity contribution in [3.63, 3.8) is 0 Å². The minimum atomic E-state index is 0.531. The van der Waals surface area contributed by atoms with E-state index in [1.165, 1.54) is 64.6 Å². The number of rotatable bonds is 9. The highest BCUT2D eigenvalue weighted by atomic mass is 32.2. The maximum atomic E-state index is 4.50. The number of aromatic nitrogens is 3. The molecule has 0 spiro atoms. The third-order valence-electron chi connectivity index (χ3n) is 6.17. The van der Waals surface area contributed by atoms with Gasteiger partial charge in [0.1, 0.15) is 5.82 Å². The zero-order valence-electron chi connectivity index (χ0n) is 18.5. The van der Waals surface area contributed by atoms with Gasteiger partial charge in [-0.05, 0) is 51.3 Å². The Balaban J connectivity index is 1.41. The summed E-state index contributed by atoms with van der Waals surface area (Å²) in [6.07, 6.45) is 12.9. The van der Waals surface area contributed by atoms with Gasteiger partial charge in [0.2, 0.25) is 0 Å². The van der Waals surface area contributed by atoms with Crippen molar-refractivity contribution in [3.05, 3.63) is 5.82 Å². The molecule has 1 aromatic rings. The fourth-order valence-electron chi connectivity index (χ4n) is 4.60. The van der Waals surface area contributed by atoms with E-state index in [4.69, 9.17) is 0 Å². The van der Waals surface area contributed by atoms with E-state index in [2.05, 4.69) is 48.5 Å². The molecule has 0 aromatic carbocycles. The molecule has 0 unspecified atom stereocenters. The van der Waals surface area contributed by atoms with Crippen LogP contribution in [0, 0.1) is 0 Å². The first kappa shape index (κ1) is 22.4. The van der Waals surface area contributed by atoms with E-state index in [9.17, 15) is 0 Å². The Labute approximate surface area is 180 Å². The first-order valence-corrected chi connectivity index (χ1v) is 12.6. The molecule has 0 amide bonds. The van der Waals surface area contributed by atoms with Gasteiger partial charge in [0.15, 0.2) is 11.1 Å². The second-order valence-electron chi connectivity index (χ2n) is 8.27. The third kappa shape index (κ3) is 6.35. The van der Waals surface area contributed by atoms with E-state index >= 15 is 0 Å². The summed E-state index contributed by atoms with van der Waals surface area (Å²) in [4.78, 5) is 6.99. The Bertz CT molecular complexity index is 631. The molecule has 1 saturated carbocycles. The van der Waals surface area contributed by atoms with Crippen LogP contribution in [0.15, 0.2) is 10.1 Å². The molecule has 2 N–H and O–H groups in total. The summed E-state index contributed by atoms with van der Waals surface area (Å²) in [5.74, 6) is 2.08. The molecule has 2 fully saturated rings. The fraction of sp³-hybridized carbons (Fsp3) is 0.857. The minimum Gasteiger partial charge on any atom is -0.356 e. The number of aliphatic imine (C=N–C) groups is 1. The summed E-state index contributed by atoms with van der Waals surface area (Å²) < 4.78 is 2.41. The van der Waals surface area contributed by atoms with Gasteiger partial charge in [-0.15, -0.1) is 10.2 Å². The molecule has 0 bridgehead atoms. The summed E-state index contributed by atoms with van der Waals surface area (Å²) in [5.41, 5.74) is 0. The molecule has 0 radical (unpaired) electrons. The number of aryl methyl sites for hydroxylation is 1. The van der Waals surface area contributed by atoms with Crippen LogP contribution in [0.3, 0.4) is 0 Å². The standard InChI is InChI=1S/C21H39N7S/c1-4-14-27-15-11-17(12-16-27)24-20(22-2)23-13-7-10-19-25-26-21(29-3)28(19)18-8-5-6-9-18/h17-18H,4-16H2,1-3H3,(H2,22,23,24). The zero-order chi connectivity index (χ0) is 20.5. The van der Waals surface area contributed by atoms with Gasteiger partial charge in [-0.1, -0.05) is 31.5 Å². The van der Waals surface area contributed by atoms with E-state index in [0.717, 1.165) is 36.3 Å². The number of nitrogens with zero attached hydrogens (tertiary/aromatic N) is 5. The van der Waals surface area contributed by atoms with Crippen LogP contribution in [0.5, 0.6) is 0 Å². The third-order valence-corrected chi connectivity index (χ3v) is 6.81. The number of nitrogens with one attached hydrogen (secondary N) is 2. The van der Waals surface area contributed by atoms with Gasteiger partial charge in [0.25, 0.3) is 0 Å². The summed E-state index contributed by atoms with van der Waals surface area (Å²) in [6, 6.07) is 1.13. The van der Waals surface area contributed by atoms with Crippen LogP contribution in [0.25, 0.3) is 0 Å². The highest BCUT2D eigenvalue weighted by Crippen LogP contribution is 2.33. The van der Waals surface area contributed by atoms with Crippen LogP contribution < -0.4 is 10.6 Å². The summed E-state index contributed by atoms with van der Waals surface area (Å²) in [5, 5.41) is 17.1. The lowest BCUT2D eigenvalue weighted by Gasteiger charge is -2.32. The van der Waals surface area contributed by atoms with Crippen molar-refractivity contribution < 1.29 is 0 Å². The van der Waals surface area contributed by atoms with Crippen LogP contribution in [0.2, 0.25) is 0 Å². The van der Waals surface area contributed by atoms with Gasteiger partial charge in [0.05, 0.1) is 0 Å². The van der Waals surface area contributed by atoms with Gasteiger partial charge < -0.3 is 20.1 Å². The van der Waals surface area contributed by atoms with Crippen LogP contribution in [0.4, 0.5) is 0 Å². The van der Waals surface area contributed by atoms with Gasteiger partial charge in [-0.25, -0.2) is 0 Å². The second-order valence-corrected chi connectivity index (χ2v) is 9.05. The second kappa shape index (κ2) is 11.8. The average molecular weight is 422 g/mol. The Morgan fingerprint density at radius 2 is 1.93 bits per heavy atom. The van der Waals surface area contributed by atoms with Crippen molar-refractivity contribution in [1.82, 2.24) is 30.3 Å². The predicted octanol–water partition coefficient (Wildman–Crippen LogP) is 3.09. The fourth-order valence-corrected chi connectivity index (χ4v) is 5.18. The lowest BCUT2D eigenvalue weighted by molar-refractivity contribution is 0.206. The van der Waals surface area contributed by atoms with Crippen molar-refractivity contribution in [2.45, 2.75) is 82.0 Å². The summed E-state index contributed by atoms with van der Waals surface area (Å²) >= 11 is 1.71. The number of guanidine groups is 1. The number of hydrogen-bond donors (Lipinski definition) is 2. The van der Waals surface area contributed by atoms with Crippen LogP contribution in [0.1, 0.15) is 70.2 Å². The molecule has 8 heteroatoms. The molecular formula is C21H39N7S. The number of piperidine rings is 1. The molecule has 164 valence electrons. The maximum Gasteiger partial charge on any atom is 0.191 e. The van der Waals surface area contributed by atoms with E-state index in [0.29, 0.717) is 12.1 Å². The van der Waals surface area contributed by atoms with Gasteiger partial charge in [-0.2, -0.15) is 0 Å². The molecule has 1 saturated heterocycles. The molecule has 2 aliphatic rings. The molecule has 3 rings (SSSR count). The van der Waals surface area contributed by atoms with Crippen LogP contribution >= 0.6 is 11.8 Å². The molecular weight excluding hydrogens is 382 g/mol. The van der Waals surface area contributed by atoms with E-state index in [-0.39, 0.29) is 0 Å². The van der Waals surface area contributed by atoms with Crippen molar-refractivity contribution in [2.24, 2.45) is 4.99 Å². The molecule has 1 aliphatic carbocycles. The average Bonchev–Trinajstić information content (AvgIpc) is 3.41. The topological polar surface area (TPSA) is 70.4 Å². The molecule has 0 atom stereocenters. The normalized spacial score (nSPS) is 19.8. The van der Waals surface area contributed by atoms with Crippen molar-refractivity contribution >= 4 is 17.7 Å². The minimum absolute atomic E-state index is 0.531. The van der Waals surface area contributed by atoms with Gasteiger partial charge in [-0.3, -0.25) is 4.99 Å². The van der Waals surface area contributed by atoms with E-state index < -0.39 is 0 Å². The van der Waals surface area contributed by atoms with Gasteiger partial charge in [0, 0.05) is 45.2 Å². The quantitative estimate of drug-likeness (QED) is 0.276. The Morgan fingerprint density at radius 3 is 2.59 bits per heavy atom. The number of thioether (sulfide) groups is 1. The monoisotopic (exact) mass is 421 g/mol. The van der Waals surface area contributed by atoms with Crippen molar-refractivity contribution in [2.75, 3.05) is 39.5 Å². The molecule has 7 nitrogen and oxygen atoms in total. The molecule has 1 aromatic heterocycles. The Kier molecular flexibility index (Phi) is 9.11. The van der Waals surface area contributed by atoms with Crippen molar-refractivity contribution in [1.29, 1.82) is 0 Å². The summed E-state index contributed by atoms with van der Waals surface area (Å²) in [6.45, 7) is 6.77. The molecule has 29 heavy (non-hydrogen) atoms.